The molecule has 0 bridgehead atoms. The van der Waals surface area contributed by atoms with E-state index in [1.807, 2.05) is 0 Å². The predicted molar refractivity (Wildman–Crippen MR) is 60.5 cm³/mol. The van der Waals surface area contributed by atoms with Gasteiger partial charge in [-0.3, -0.25) is 15.5 Å². The summed E-state index contributed by atoms with van der Waals surface area (Å²) in [5.41, 5.74) is 1.75. The lowest BCUT2D eigenvalue weighted by Crippen LogP contribution is -2.27. The summed E-state index contributed by atoms with van der Waals surface area (Å²) < 4.78 is 24.6. The minimum Gasteiger partial charge on any atom is -0.348 e. The normalized spacial score (nSPS) is 10.6. The number of rotatable bonds is 5. The summed E-state index contributed by atoms with van der Waals surface area (Å²) in [5.74, 6) is 4.82. The predicted octanol–water partition coefficient (Wildman–Crippen LogP) is 0.680. The van der Waals surface area contributed by atoms with Crippen molar-refractivity contribution in [3.63, 3.8) is 0 Å². The maximum absolute atomic E-state index is 12.3. The highest BCUT2D eigenvalue weighted by molar-refractivity contribution is 5.62. The van der Waals surface area contributed by atoms with Gasteiger partial charge in [-0.05, 0) is 6.92 Å². The summed E-state index contributed by atoms with van der Waals surface area (Å²) >= 11 is 0. The highest BCUT2D eigenvalue weighted by Gasteiger charge is 2.25. The first kappa shape index (κ1) is 14.0. The molecule has 3 N–H and O–H groups in total. The van der Waals surface area contributed by atoms with Crippen LogP contribution in [0.15, 0.2) is 0 Å². The number of anilines is 2. The molecule has 0 spiro atoms. The first-order valence-corrected chi connectivity index (χ1v) is 4.85. The minimum atomic E-state index is -2.64. The van der Waals surface area contributed by atoms with Gasteiger partial charge in [0, 0.05) is 7.05 Å². The van der Waals surface area contributed by atoms with Gasteiger partial charge in [0.15, 0.2) is 0 Å². The van der Waals surface area contributed by atoms with Gasteiger partial charge in [0.25, 0.3) is 6.43 Å². The van der Waals surface area contributed by atoms with Crippen molar-refractivity contribution in [2.75, 3.05) is 23.9 Å². The maximum Gasteiger partial charge on any atom is 0.332 e. The lowest BCUT2D eigenvalue weighted by molar-refractivity contribution is -0.385. The van der Waals surface area contributed by atoms with Crippen molar-refractivity contribution < 1.29 is 13.7 Å². The van der Waals surface area contributed by atoms with Crippen LogP contribution in [-0.2, 0) is 0 Å². The van der Waals surface area contributed by atoms with Crippen molar-refractivity contribution in [3.8, 4) is 0 Å². The Morgan fingerprint density at radius 2 is 2.17 bits per heavy atom. The highest BCUT2D eigenvalue weighted by atomic mass is 19.3. The van der Waals surface area contributed by atoms with Crippen LogP contribution in [0.5, 0.6) is 0 Å². The molecular weight excluding hydrogens is 250 g/mol. The van der Waals surface area contributed by atoms with Gasteiger partial charge < -0.3 is 4.90 Å². The zero-order chi connectivity index (χ0) is 13.9. The lowest BCUT2D eigenvalue weighted by Gasteiger charge is -2.18. The van der Waals surface area contributed by atoms with E-state index in [-0.39, 0.29) is 17.5 Å². The van der Waals surface area contributed by atoms with Crippen LogP contribution < -0.4 is 16.2 Å². The van der Waals surface area contributed by atoms with Gasteiger partial charge in [-0.15, -0.1) is 0 Å². The van der Waals surface area contributed by atoms with Crippen LogP contribution >= 0.6 is 0 Å². The van der Waals surface area contributed by atoms with Crippen LogP contribution in [0.3, 0.4) is 0 Å². The standard InChI is InChI=1S/C8H12F2N6O2/c1-4-6(16(17)18)7(13-8(12-4)14-11)15(2)3-5(9)10/h5H,3,11H2,1-2H3,(H,12,13,14). The Morgan fingerprint density at radius 3 is 2.61 bits per heavy atom. The van der Waals surface area contributed by atoms with Gasteiger partial charge in [-0.1, -0.05) is 0 Å². The average Bonchev–Trinajstić information content (AvgIpc) is 2.26. The highest BCUT2D eigenvalue weighted by Crippen LogP contribution is 2.29. The SMILES string of the molecule is Cc1nc(NN)nc(N(C)CC(F)F)c1[N+](=O)[O-]. The third kappa shape index (κ3) is 2.97. The number of aryl methyl sites for hydroxylation is 1. The quantitative estimate of drug-likeness (QED) is 0.456. The van der Waals surface area contributed by atoms with Crippen LogP contribution in [0.25, 0.3) is 0 Å². The molecule has 1 aromatic heterocycles. The van der Waals surface area contributed by atoms with Gasteiger partial charge in [-0.2, -0.15) is 4.98 Å². The smallest absolute Gasteiger partial charge is 0.332 e. The van der Waals surface area contributed by atoms with Crippen molar-refractivity contribution in [1.82, 2.24) is 9.97 Å². The van der Waals surface area contributed by atoms with Crippen LogP contribution in [-0.4, -0.2) is 34.9 Å². The van der Waals surface area contributed by atoms with E-state index < -0.39 is 23.6 Å². The first-order chi connectivity index (χ1) is 8.36. The Hall–Kier alpha value is -2.10. The number of nitrogens with zero attached hydrogens (tertiary/aromatic N) is 4. The Labute approximate surface area is 101 Å². The number of nitrogen functional groups attached to an aromatic ring is 1. The molecule has 0 fully saturated rings. The van der Waals surface area contributed by atoms with E-state index in [9.17, 15) is 18.9 Å². The van der Waals surface area contributed by atoms with Crippen LogP contribution in [0.4, 0.5) is 26.2 Å². The number of nitrogens with two attached hydrogens (primary N) is 1. The summed E-state index contributed by atoms with van der Waals surface area (Å²) in [6.45, 7) is 0.696. The van der Waals surface area contributed by atoms with Crippen molar-refractivity contribution in [1.29, 1.82) is 0 Å². The fourth-order valence-corrected chi connectivity index (χ4v) is 1.39. The molecule has 0 aromatic carbocycles. The number of halogens is 2. The topological polar surface area (TPSA) is 110 Å². The summed E-state index contributed by atoms with van der Waals surface area (Å²) in [7, 11) is 1.28. The fourth-order valence-electron chi connectivity index (χ4n) is 1.39. The molecule has 1 heterocycles. The third-order valence-electron chi connectivity index (χ3n) is 2.13. The van der Waals surface area contributed by atoms with E-state index in [1.165, 1.54) is 14.0 Å². The number of aromatic nitrogens is 2. The Morgan fingerprint density at radius 1 is 1.56 bits per heavy atom. The second-order valence-corrected chi connectivity index (χ2v) is 3.48. The van der Waals surface area contributed by atoms with Gasteiger partial charge >= 0.3 is 5.69 Å². The number of nitrogens with one attached hydrogen (secondary N) is 1. The molecule has 1 aromatic rings. The molecule has 0 saturated heterocycles. The van der Waals surface area contributed by atoms with E-state index in [0.717, 1.165) is 4.90 Å². The summed E-state index contributed by atoms with van der Waals surface area (Å²) in [5, 5.41) is 10.9. The molecule has 1 rings (SSSR count). The molecule has 0 amide bonds. The summed E-state index contributed by atoms with van der Waals surface area (Å²) in [6, 6.07) is 0. The zero-order valence-corrected chi connectivity index (χ0v) is 9.72. The first-order valence-electron chi connectivity index (χ1n) is 4.85. The van der Waals surface area contributed by atoms with E-state index in [1.54, 1.807) is 0 Å². The molecule has 0 unspecified atom stereocenters. The molecule has 0 atom stereocenters. The number of hydrogen-bond donors (Lipinski definition) is 2. The van der Waals surface area contributed by atoms with Crippen molar-refractivity contribution in [2.45, 2.75) is 13.3 Å². The summed E-state index contributed by atoms with van der Waals surface area (Å²) in [6.07, 6.45) is -2.64. The number of hydrazine groups is 1. The number of nitro groups is 1. The number of hydrogen-bond acceptors (Lipinski definition) is 7. The average molecular weight is 262 g/mol. The Kier molecular flexibility index (Phi) is 4.26. The van der Waals surface area contributed by atoms with Crippen LogP contribution in [0.1, 0.15) is 5.69 Å². The van der Waals surface area contributed by atoms with E-state index >= 15 is 0 Å². The lowest BCUT2D eigenvalue weighted by atomic mass is 10.3. The number of alkyl halides is 2. The molecule has 0 saturated carbocycles. The van der Waals surface area contributed by atoms with Crippen molar-refractivity contribution in [3.05, 3.63) is 15.8 Å². The molecule has 100 valence electrons. The molecule has 0 radical (unpaired) electrons. The molecule has 0 aliphatic heterocycles. The minimum absolute atomic E-state index is 0.0408. The second-order valence-electron chi connectivity index (χ2n) is 3.48. The molecule has 0 aliphatic carbocycles. The fraction of sp³-hybridized carbons (Fsp3) is 0.500. The van der Waals surface area contributed by atoms with E-state index in [0.29, 0.717) is 0 Å². The van der Waals surface area contributed by atoms with Crippen molar-refractivity contribution >= 4 is 17.5 Å². The largest absolute Gasteiger partial charge is 0.348 e. The van der Waals surface area contributed by atoms with Crippen molar-refractivity contribution in [2.24, 2.45) is 5.84 Å². The van der Waals surface area contributed by atoms with Gasteiger partial charge in [0.2, 0.25) is 11.8 Å². The van der Waals surface area contributed by atoms with E-state index in [4.69, 9.17) is 5.84 Å². The monoisotopic (exact) mass is 262 g/mol. The van der Waals surface area contributed by atoms with Gasteiger partial charge in [-0.25, -0.2) is 19.6 Å². The van der Waals surface area contributed by atoms with E-state index in [2.05, 4.69) is 15.4 Å². The summed E-state index contributed by atoms with van der Waals surface area (Å²) in [4.78, 5) is 18.6. The Balaban J connectivity index is 3.29. The molecular formula is C8H12F2N6O2. The molecule has 8 nitrogen and oxygen atoms in total. The maximum atomic E-state index is 12.3. The second kappa shape index (κ2) is 5.49. The Bertz CT molecular complexity index is 455. The van der Waals surface area contributed by atoms with Crippen LogP contribution in [0, 0.1) is 17.0 Å². The van der Waals surface area contributed by atoms with Crippen LogP contribution in [0.2, 0.25) is 0 Å². The third-order valence-corrected chi connectivity index (χ3v) is 2.13. The molecule has 0 aliphatic rings. The van der Waals surface area contributed by atoms with Gasteiger partial charge in [0.1, 0.15) is 5.69 Å². The van der Waals surface area contributed by atoms with Gasteiger partial charge in [0.05, 0.1) is 11.5 Å². The molecule has 18 heavy (non-hydrogen) atoms. The molecule has 10 heteroatoms. The zero-order valence-electron chi connectivity index (χ0n) is 9.72.